The number of aromatic nitrogens is 3. The third-order valence-electron chi connectivity index (χ3n) is 6.95. The van der Waals surface area contributed by atoms with Crippen molar-refractivity contribution in [2.24, 2.45) is 11.7 Å². The molecule has 0 spiro atoms. The van der Waals surface area contributed by atoms with Crippen LogP contribution in [0.5, 0.6) is 0 Å². The number of hydrogen-bond donors (Lipinski definition) is 2. The predicted octanol–water partition coefficient (Wildman–Crippen LogP) is 4.98. The van der Waals surface area contributed by atoms with Crippen LogP contribution in [0.2, 0.25) is 0 Å². The monoisotopic (exact) mass is 508 g/mol. The van der Waals surface area contributed by atoms with Crippen molar-refractivity contribution in [2.45, 2.75) is 57.9 Å². The van der Waals surface area contributed by atoms with Crippen LogP contribution in [0, 0.1) is 18.7 Å². The van der Waals surface area contributed by atoms with Crippen molar-refractivity contribution in [1.29, 1.82) is 0 Å². The quantitative estimate of drug-likeness (QED) is 0.413. The van der Waals surface area contributed by atoms with Crippen LogP contribution in [0.15, 0.2) is 30.5 Å². The van der Waals surface area contributed by atoms with Gasteiger partial charge in [-0.05, 0) is 86.7 Å². The number of nitrogens with two attached hydrogens (primary N) is 1. The summed E-state index contributed by atoms with van der Waals surface area (Å²) < 4.78 is 18.9. The first-order valence-corrected chi connectivity index (χ1v) is 13.0. The van der Waals surface area contributed by atoms with E-state index in [0.717, 1.165) is 41.9 Å². The van der Waals surface area contributed by atoms with Crippen LogP contribution in [0.3, 0.4) is 0 Å². The summed E-state index contributed by atoms with van der Waals surface area (Å²) in [4.78, 5) is 36.0. The summed E-state index contributed by atoms with van der Waals surface area (Å²) in [6.07, 6.45) is 5.71. The van der Waals surface area contributed by atoms with Gasteiger partial charge in [-0.3, -0.25) is 9.59 Å². The number of hydrogen-bond acceptors (Lipinski definition) is 8. The summed E-state index contributed by atoms with van der Waals surface area (Å²) >= 11 is 1.26. The van der Waals surface area contributed by atoms with Gasteiger partial charge >= 0.3 is 0 Å². The van der Waals surface area contributed by atoms with Crippen LogP contribution >= 0.6 is 11.5 Å². The molecule has 5 rings (SSSR count). The summed E-state index contributed by atoms with van der Waals surface area (Å²) in [5, 5.41) is 3.84. The number of carbonyl (C=O) groups excluding carboxylic acids is 2. The van der Waals surface area contributed by atoms with Gasteiger partial charge in [0.2, 0.25) is 0 Å². The first-order valence-electron chi connectivity index (χ1n) is 12.2. The van der Waals surface area contributed by atoms with E-state index in [1.54, 1.807) is 12.3 Å². The first-order chi connectivity index (χ1) is 17.3. The van der Waals surface area contributed by atoms with Gasteiger partial charge in [0.05, 0.1) is 17.5 Å². The Labute approximate surface area is 213 Å². The molecular weight excluding hydrogens is 479 g/mol. The zero-order chi connectivity index (χ0) is 25.4. The van der Waals surface area contributed by atoms with E-state index in [2.05, 4.69) is 31.5 Å². The number of primary amides is 1. The van der Waals surface area contributed by atoms with Crippen molar-refractivity contribution >= 4 is 39.9 Å². The minimum Gasteiger partial charge on any atom is -0.364 e. The SMILES string of the molecule is Cc1cc(Nc2nc(N3C[C@H](CC(=O)c4ccc(C5CC5)cc4F)CC[C@H]3C)cnc2C(N)=O)sn1. The molecule has 2 aromatic heterocycles. The number of benzene rings is 1. The first kappa shape index (κ1) is 24.3. The van der Waals surface area contributed by atoms with Crippen molar-refractivity contribution in [3.05, 3.63) is 58.8 Å². The highest BCUT2D eigenvalue weighted by Crippen LogP contribution is 2.40. The van der Waals surface area contributed by atoms with E-state index in [1.807, 2.05) is 19.1 Å². The fourth-order valence-electron chi connectivity index (χ4n) is 4.79. The van der Waals surface area contributed by atoms with Crippen LogP contribution < -0.4 is 16.0 Å². The van der Waals surface area contributed by atoms with Gasteiger partial charge in [-0.2, -0.15) is 4.37 Å². The number of anilines is 3. The van der Waals surface area contributed by atoms with Crippen molar-refractivity contribution in [3.8, 4) is 0 Å². The Bertz CT molecular complexity index is 1310. The molecule has 0 unspecified atom stereocenters. The number of piperidine rings is 1. The van der Waals surface area contributed by atoms with Crippen molar-refractivity contribution < 1.29 is 14.0 Å². The fraction of sp³-hybridized carbons (Fsp3) is 0.423. The van der Waals surface area contributed by atoms with Crippen molar-refractivity contribution in [1.82, 2.24) is 14.3 Å². The summed E-state index contributed by atoms with van der Waals surface area (Å²) in [7, 11) is 0. The lowest BCUT2D eigenvalue weighted by Gasteiger charge is -2.38. The van der Waals surface area contributed by atoms with E-state index in [-0.39, 0.29) is 41.2 Å². The number of halogens is 1. The molecule has 2 fully saturated rings. The molecule has 1 aromatic carbocycles. The van der Waals surface area contributed by atoms with Gasteiger partial charge in [0.15, 0.2) is 17.3 Å². The Morgan fingerprint density at radius 2 is 2.03 bits per heavy atom. The molecule has 1 aliphatic heterocycles. The number of aryl methyl sites for hydroxylation is 1. The van der Waals surface area contributed by atoms with E-state index in [4.69, 9.17) is 5.73 Å². The van der Waals surface area contributed by atoms with Crippen molar-refractivity contribution in [2.75, 3.05) is 16.8 Å². The largest absolute Gasteiger partial charge is 0.364 e. The Morgan fingerprint density at radius 3 is 2.69 bits per heavy atom. The molecule has 1 saturated carbocycles. The minimum atomic E-state index is -0.678. The summed E-state index contributed by atoms with van der Waals surface area (Å²) in [5.74, 6) is 0.0793. The maximum absolute atomic E-state index is 14.7. The molecule has 2 atom stereocenters. The molecule has 36 heavy (non-hydrogen) atoms. The van der Waals surface area contributed by atoms with Gasteiger partial charge < -0.3 is 16.0 Å². The van der Waals surface area contributed by atoms with Gasteiger partial charge in [-0.15, -0.1) is 0 Å². The highest BCUT2D eigenvalue weighted by atomic mass is 32.1. The molecule has 1 aliphatic carbocycles. The van der Waals surface area contributed by atoms with E-state index >= 15 is 0 Å². The van der Waals surface area contributed by atoms with E-state index in [0.29, 0.717) is 18.3 Å². The Kier molecular flexibility index (Phi) is 6.70. The average Bonchev–Trinajstić information content (AvgIpc) is 3.62. The highest BCUT2D eigenvalue weighted by Gasteiger charge is 2.30. The fourth-order valence-corrected chi connectivity index (χ4v) is 5.45. The standard InChI is InChI=1S/C26H29FN6O2S/c1-14-9-23(36-32-14)31-26-24(25(28)35)29-12-22(30-26)33-13-16(4-3-15(33)2)10-21(34)19-8-7-18(11-20(19)27)17-5-6-17/h7-9,11-12,15-17H,3-6,10,13H2,1-2H3,(H2,28,35)(H,30,31)/t15-,16+/m1/s1. The Morgan fingerprint density at radius 1 is 1.22 bits per heavy atom. The maximum atomic E-state index is 14.7. The Balaban J connectivity index is 1.33. The van der Waals surface area contributed by atoms with Gasteiger partial charge in [-0.1, -0.05) is 6.07 Å². The summed E-state index contributed by atoms with van der Waals surface area (Å²) in [5.41, 5.74) is 7.58. The lowest BCUT2D eigenvalue weighted by atomic mass is 9.88. The molecule has 8 nitrogen and oxygen atoms in total. The summed E-state index contributed by atoms with van der Waals surface area (Å²) in [6.45, 7) is 4.55. The van der Waals surface area contributed by atoms with Gasteiger partial charge in [0.1, 0.15) is 16.6 Å². The molecule has 1 saturated heterocycles. The lowest BCUT2D eigenvalue weighted by molar-refractivity contribution is 0.0948. The number of Topliss-reactive ketones (excluding diaryl/α,β-unsaturated/α-hetero) is 1. The van der Waals surface area contributed by atoms with E-state index < -0.39 is 11.7 Å². The molecule has 3 heterocycles. The molecule has 3 aromatic rings. The second-order valence-corrected chi connectivity index (χ2v) is 10.6. The smallest absolute Gasteiger partial charge is 0.271 e. The molecule has 1 amide bonds. The van der Waals surface area contributed by atoms with Gasteiger partial charge in [0.25, 0.3) is 5.91 Å². The number of nitrogens with one attached hydrogen (secondary N) is 1. The predicted molar refractivity (Wildman–Crippen MR) is 138 cm³/mol. The third-order valence-corrected chi connectivity index (χ3v) is 7.75. The normalized spacial score (nSPS) is 19.8. The van der Waals surface area contributed by atoms with Crippen LogP contribution in [0.4, 0.5) is 21.0 Å². The molecule has 2 aliphatic rings. The zero-order valence-corrected chi connectivity index (χ0v) is 21.1. The van der Waals surface area contributed by atoms with Crippen LogP contribution in [-0.4, -0.2) is 38.6 Å². The molecule has 10 heteroatoms. The molecule has 0 bridgehead atoms. The third kappa shape index (κ3) is 5.23. The topological polar surface area (TPSA) is 114 Å². The summed E-state index contributed by atoms with van der Waals surface area (Å²) in [6, 6.07) is 7.07. The Hall–Kier alpha value is -3.40. The minimum absolute atomic E-state index is 0.0475. The van der Waals surface area contributed by atoms with Gasteiger partial charge in [0, 0.05) is 19.0 Å². The van der Waals surface area contributed by atoms with Gasteiger partial charge in [-0.25, -0.2) is 14.4 Å². The average molecular weight is 509 g/mol. The van der Waals surface area contributed by atoms with Crippen molar-refractivity contribution in [3.63, 3.8) is 0 Å². The molecular formula is C26H29FN6O2S. The maximum Gasteiger partial charge on any atom is 0.271 e. The molecule has 3 N–H and O–H groups in total. The number of rotatable bonds is 8. The van der Waals surface area contributed by atoms with Crippen LogP contribution in [-0.2, 0) is 0 Å². The number of ketones is 1. The molecule has 188 valence electrons. The number of carbonyl (C=O) groups is 2. The van der Waals surface area contributed by atoms with E-state index in [1.165, 1.54) is 17.6 Å². The second-order valence-electron chi connectivity index (χ2n) is 9.83. The van der Waals surface area contributed by atoms with Crippen LogP contribution in [0.1, 0.15) is 77.0 Å². The van der Waals surface area contributed by atoms with Crippen LogP contribution in [0.25, 0.3) is 0 Å². The zero-order valence-electron chi connectivity index (χ0n) is 20.3. The van der Waals surface area contributed by atoms with E-state index in [9.17, 15) is 14.0 Å². The highest BCUT2D eigenvalue weighted by molar-refractivity contribution is 7.10. The number of nitrogens with zero attached hydrogens (tertiary/aromatic N) is 4. The number of amides is 1. The second kappa shape index (κ2) is 9.93. The lowest BCUT2D eigenvalue weighted by Crippen LogP contribution is -2.43. The molecule has 0 radical (unpaired) electrons.